The third-order valence-electron chi connectivity index (χ3n) is 12.6. The molecule has 3 aromatic carbocycles. The monoisotopic (exact) mass is 1040 g/mol. The molecule has 0 radical (unpaired) electrons. The minimum absolute atomic E-state index is 0.00664. The van der Waals surface area contributed by atoms with Gasteiger partial charge in [-0.3, -0.25) is 43.4 Å². The predicted molar refractivity (Wildman–Crippen MR) is 253 cm³/mol. The van der Waals surface area contributed by atoms with E-state index >= 15 is 0 Å². The fourth-order valence-electron chi connectivity index (χ4n) is 8.76. The Bertz CT molecular complexity index is 2940. The molecular formula is C49H50F5N6O10PS. The van der Waals surface area contributed by atoms with E-state index < -0.39 is 89.5 Å². The lowest BCUT2D eigenvalue weighted by molar-refractivity contribution is -0.141. The molecule has 3 aliphatic rings. The number of fused-ring (bicyclic) bond motifs is 2. The van der Waals surface area contributed by atoms with Gasteiger partial charge in [0, 0.05) is 72.5 Å². The second kappa shape index (κ2) is 20.9. The summed E-state index contributed by atoms with van der Waals surface area (Å²) in [6, 6.07) is 9.85. The first-order valence-corrected chi connectivity index (χ1v) is 25.3. The van der Waals surface area contributed by atoms with Gasteiger partial charge in [0.15, 0.2) is 0 Å². The van der Waals surface area contributed by atoms with Crippen molar-refractivity contribution in [3.8, 4) is 11.8 Å². The summed E-state index contributed by atoms with van der Waals surface area (Å²) < 4.78 is 81.6. The Morgan fingerprint density at radius 2 is 1.67 bits per heavy atom. The number of halogens is 5. The van der Waals surface area contributed by atoms with E-state index in [2.05, 4.69) is 27.8 Å². The molecule has 1 aromatic heterocycles. The molecular weight excluding hydrogens is 991 g/mol. The highest BCUT2D eigenvalue weighted by Crippen LogP contribution is 2.59. The summed E-state index contributed by atoms with van der Waals surface area (Å²) in [7, 11) is -5.88. The molecule has 382 valence electrons. The van der Waals surface area contributed by atoms with Crippen molar-refractivity contribution in [2.24, 2.45) is 5.41 Å². The van der Waals surface area contributed by atoms with Crippen molar-refractivity contribution in [2.45, 2.75) is 102 Å². The zero-order chi connectivity index (χ0) is 52.5. The van der Waals surface area contributed by atoms with E-state index in [1.165, 1.54) is 21.9 Å². The van der Waals surface area contributed by atoms with Crippen LogP contribution in [0, 0.1) is 17.3 Å². The number of piperidine rings is 1. The summed E-state index contributed by atoms with van der Waals surface area (Å²) >= 11 is 0.888. The van der Waals surface area contributed by atoms with Crippen LogP contribution in [0.1, 0.15) is 108 Å². The van der Waals surface area contributed by atoms with Crippen LogP contribution >= 0.6 is 18.9 Å². The van der Waals surface area contributed by atoms with Crippen LogP contribution < -0.4 is 20.9 Å². The molecule has 23 heteroatoms. The summed E-state index contributed by atoms with van der Waals surface area (Å²) in [5.74, 6) is 2.28. The molecule has 72 heavy (non-hydrogen) atoms. The maximum absolute atomic E-state index is 14.5. The van der Waals surface area contributed by atoms with E-state index in [-0.39, 0.29) is 73.7 Å². The van der Waals surface area contributed by atoms with E-state index in [4.69, 9.17) is 0 Å². The molecule has 16 nitrogen and oxygen atoms in total. The molecule has 0 spiro atoms. The van der Waals surface area contributed by atoms with Crippen molar-refractivity contribution in [2.75, 3.05) is 24.5 Å². The van der Waals surface area contributed by atoms with Gasteiger partial charge in [-0.15, -0.1) is 11.3 Å². The molecule has 3 atom stereocenters. The Kier molecular flexibility index (Phi) is 15.5. The molecule has 0 aliphatic carbocycles. The molecule has 7 rings (SSSR count). The van der Waals surface area contributed by atoms with Gasteiger partial charge in [-0.2, -0.15) is 22.0 Å². The number of anilines is 1. The van der Waals surface area contributed by atoms with Gasteiger partial charge in [0.1, 0.15) is 18.1 Å². The SMILES string of the molecule is CC(C)(C)C(NC(=O)c1cc2cc(C(F)(F)P(=O)(O)O)ccc2s1)C(=O)N1CCCC1C(=O)N(CCC(=O)NCCCC#Cc1cccc2c1CN(C1CCC(=O)NC1=O)C2=O)c1ccc(C(F)(F)F)cc1. The van der Waals surface area contributed by atoms with Crippen molar-refractivity contribution >= 4 is 76.1 Å². The number of benzene rings is 3. The Balaban J connectivity index is 0.995. The number of thiophene rings is 1. The number of hydrogen-bond donors (Lipinski definition) is 5. The van der Waals surface area contributed by atoms with Gasteiger partial charge in [-0.05, 0) is 96.6 Å². The van der Waals surface area contributed by atoms with Gasteiger partial charge in [0.25, 0.3) is 11.8 Å². The Labute approximate surface area is 413 Å². The highest BCUT2D eigenvalue weighted by Gasteiger charge is 2.50. The number of nitrogens with zero attached hydrogens (tertiary/aromatic N) is 3. The summed E-state index contributed by atoms with van der Waals surface area (Å²) in [6.45, 7) is 5.13. The maximum Gasteiger partial charge on any atom is 0.416 e. The fraction of sp³-hybridized carbons (Fsp3) is 0.408. The molecule has 3 unspecified atom stereocenters. The predicted octanol–water partition coefficient (Wildman–Crippen LogP) is 6.42. The molecule has 2 fully saturated rings. The van der Waals surface area contributed by atoms with Crippen LogP contribution in [-0.4, -0.2) is 98.7 Å². The average Bonchev–Trinajstić information content (AvgIpc) is 4.06. The second-order valence-corrected chi connectivity index (χ2v) is 21.4. The minimum atomic E-state index is -5.88. The standard InChI is InChI=1S/C49H50F5N6O10PS/c1-47(2,3)41(57-43(64)38-26-29-25-31(15-19-37(29)72-38)49(53,54)71(68,69)70)46(67)59-23-8-12-36(59)45(66)58(32-16-13-30(14-17-32)48(50,51)52)24-21-39(61)55-22-6-4-5-9-28-10-7-11-33-34(28)27-60(44(33)65)35-18-20-40(62)56-42(35)63/h7,10-11,13-17,19,25-26,35-36,41H,4,6,8,12,18,20-24,27H2,1-3H3,(H,55,61)(H,57,64)(H,56,62,63)(H2,68,69,70). The number of alkyl halides is 5. The Morgan fingerprint density at radius 1 is 0.958 bits per heavy atom. The number of amides is 7. The van der Waals surface area contributed by atoms with Crippen molar-refractivity contribution < 1.29 is 69.9 Å². The lowest BCUT2D eigenvalue weighted by Crippen LogP contribution is -2.58. The molecule has 3 aliphatic heterocycles. The van der Waals surface area contributed by atoms with E-state index in [0.29, 0.717) is 40.7 Å². The van der Waals surface area contributed by atoms with E-state index in [1.54, 1.807) is 39.0 Å². The van der Waals surface area contributed by atoms with Crippen LogP contribution in [0.4, 0.5) is 27.6 Å². The summed E-state index contributed by atoms with van der Waals surface area (Å²) in [6.07, 6.45) is -3.38. The first-order chi connectivity index (χ1) is 33.8. The van der Waals surface area contributed by atoms with Crippen molar-refractivity contribution in [3.63, 3.8) is 0 Å². The van der Waals surface area contributed by atoms with Crippen LogP contribution in [0.3, 0.4) is 0 Å². The third-order valence-corrected chi connectivity index (χ3v) is 14.7. The zero-order valence-electron chi connectivity index (χ0n) is 39.1. The molecule has 0 bridgehead atoms. The molecule has 2 saturated heterocycles. The van der Waals surface area contributed by atoms with Gasteiger partial charge in [0.2, 0.25) is 29.5 Å². The largest absolute Gasteiger partial charge is 0.416 e. The number of unbranched alkanes of at least 4 members (excludes halogenated alkanes) is 1. The molecule has 5 N–H and O–H groups in total. The average molecular weight is 1040 g/mol. The van der Waals surface area contributed by atoms with Crippen LogP contribution in [0.5, 0.6) is 0 Å². The van der Waals surface area contributed by atoms with Gasteiger partial charge in [-0.25, -0.2) is 0 Å². The summed E-state index contributed by atoms with van der Waals surface area (Å²) in [5.41, 5.74) is -5.68. The number of likely N-dealkylation sites (tertiary alicyclic amines) is 1. The van der Waals surface area contributed by atoms with Crippen molar-refractivity contribution in [1.82, 2.24) is 25.8 Å². The van der Waals surface area contributed by atoms with E-state index in [0.717, 1.165) is 52.6 Å². The van der Waals surface area contributed by atoms with Gasteiger partial charge < -0.3 is 35.1 Å². The second-order valence-electron chi connectivity index (χ2n) is 18.7. The number of nitrogens with one attached hydrogen (secondary N) is 3. The van der Waals surface area contributed by atoms with Gasteiger partial charge in [-0.1, -0.05) is 44.7 Å². The highest BCUT2D eigenvalue weighted by molar-refractivity contribution is 7.52. The Hall–Kier alpha value is -6.53. The quantitative estimate of drug-likeness (QED) is 0.0307. The van der Waals surface area contributed by atoms with E-state index in [1.807, 2.05) is 0 Å². The fourth-order valence-corrected chi connectivity index (χ4v) is 10.2. The van der Waals surface area contributed by atoms with Gasteiger partial charge >= 0.3 is 19.4 Å². The maximum atomic E-state index is 14.5. The summed E-state index contributed by atoms with van der Waals surface area (Å²) in [4.78, 5) is 115. The van der Waals surface area contributed by atoms with Crippen LogP contribution in [0.25, 0.3) is 10.1 Å². The summed E-state index contributed by atoms with van der Waals surface area (Å²) in [5, 5.41) is 7.84. The lowest BCUT2D eigenvalue weighted by Gasteiger charge is -2.36. The normalized spacial score (nSPS) is 17.8. The van der Waals surface area contributed by atoms with Crippen molar-refractivity contribution in [1.29, 1.82) is 0 Å². The molecule has 0 saturated carbocycles. The third kappa shape index (κ3) is 11.5. The first kappa shape index (κ1) is 53.3. The Morgan fingerprint density at radius 3 is 2.33 bits per heavy atom. The lowest BCUT2D eigenvalue weighted by atomic mass is 9.85. The number of rotatable bonds is 14. The highest BCUT2D eigenvalue weighted by atomic mass is 32.1. The van der Waals surface area contributed by atoms with Crippen LogP contribution in [0.15, 0.2) is 66.7 Å². The number of carbonyl (C=O) groups excluding carboxylic acids is 7. The molecule has 4 aromatic rings. The van der Waals surface area contributed by atoms with Gasteiger partial charge in [0.05, 0.1) is 10.4 Å². The molecule has 4 heterocycles. The van der Waals surface area contributed by atoms with E-state index in [9.17, 15) is 69.9 Å². The minimum Gasteiger partial charge on any atom is -0.356 e. The topological polar surface area (TPSA) is 223 Å². The number of hydrogen-bond acceptors (Lipinski definition) is 9. The zero-order valence-corrected chi connectivity index (χ0v) is 40.8. The number of carbonyl (C=O) groups is 7. The smallest absolute Gasteiger partial charge is 0.356 e. The number of imide groups is 1. The first-order valence-electron chi connectivity index (χ1n) is 22.9. The van der Waals surface area contributed by atoms with Crippen LogP contribution in [0.2, 0.25) is 0 Å². The molecule has 7 amide bonds. The van der Waals surface area contributed by atoms with Crippen LogP contribution in [-0.2, 0) is 46.9 Å². The van der Waals surface area contributed by atoms with Crippen molar-refractivity contribution in [3.05, 3.63) is 99.4 Å².